The van der Waals surface area contributed by atoms with Gasteiger partial charge in [0.1, 0.15) is 0 Å². The van der Waals surface area contributed by atoms with Crippen molar-refractivity contribution in [3.8, 4) is 0 Å². The van der Waals surface area contributed by atoms with Gasteiger partial charge in [-0.2, -0.15) is 0 Å². The van der Waals surface area contributed by atoms with Crippen LogP contribution in [0.15, 0.2) is 0 Å². The van der Waals surface area contributed by atoms with Crippen LogP contribution in [0.3, 0.4) is 0 Å². The van der Waals surface area contributed by atoms with Gasteiger partial charge >= 0.3 is 0 Å². The highest BCUT2D eigenvalue weighted by atomic mass is 16.5. The summed E-state index contributed by atoms with van der Waals surface area (Å²) in [7, 11) is 0. The predicted octanol–water partition coefficient (Wildman–Crippen LogP) is 1.55. The van der Waals surface area contributed by atoms with Crippen LogP contribution in [0.5, 0.6) is 0 Å². The van der Waals surface area contributed by atoms with E-state index in [1.807, 2.05) is 13.8 Å². The Morgan fingerprint density at radius 1 is 1.29 bits per heavy atom. The van der Waals surface area contributed by atoms with Crippen LogP contribution >= 0.6 is 0 Å². The second kappa shape index (κ2) is 8.21. The molecule has 0 aliphatic carbocycles. The topological polar surface area (TPSA) is 41.5 Å². The molecule has 0 aromatic rings. The minimum absolute atomic E-state index is 0.580. The van der Waals surface area contributed by atoms with Crippen LogP contribution < -0.4 is 5.32 Å². The zero-order valence-corrected chi connectivity index (χ0v) is 9.81. The SMILES string of the molecule is CCCCOCCNCC(C)(O)CC. The van der Waals surface area contributed by atoms with Crippen LogP contribution in [0.1, 0.15) is 40.0 Å². The number of ether oxygens (including phenoxy) is 1. The Morgan fingerprint density at radius 2 is 2.00 bits per heavy atom. The Kier molecular flexibility index (Phi) is 8.14. The summed E-state index contributed by atoms with van der Waals surface area (Å²) in [6.07, 6.45) is 3.08. The molecule has 86 valence electrons. The highest BCUT2D eigenvalue weighted by Gasteiger charge is 2.15. The smallest absolute Gasteiger partial charge is 0.0741 e. The fourth-order valence-corrected chi connectivity index (χ4v) is 0.975. The second-order valence-electron chi connectivity index (χ2n) is 3.99. The first-order valence-electron chi connectivity index (χ1n) is 5.63. The van der Waals surface area contributed by atoms with Gasteiger partial charge in [0.2, 0.25) is 0 Å². The third-order valence-corrected chi connectivity index (χ3v) is 2.33. The molecule has 3 heteroatoms. The minimum atomic E-state index is -0.580. The van der Waals surface area contributed by atoms with E-state index in [9.17, 15) is 5.11 Å². The van der Waals surface area contributed by atoms with Crippen molar-refractivity contribution in [1.29, 1.82) is 0 Å². The molecule has 0 saturated carbocycles. The molecule has 0 aliphatic heterocycles. The van der Waals surface area contributed by atoms with Crippen molar-refractivity contribution in [3.63, 3.8) is 0 Å². The summed E-state index contributed by atoms with van der Waals surface area (Å²) in [4.78, 5) is 0. The van der Waals surface area contributed by atoms with Gasteiger partial charge in [0, 0.05) is 19.7 Å². The van der Waals surface area contributed by atoms with Crippen LogP contribution in [-0.2, 0) is 4.74 Å². The predicted molar refractivity (Wildman–Crippen MR) is 59.5 cm³/mol. The molecule has 2 N–H and O–H groups in total. The molecule has 0 saturated heterocycles. The lowest BCUT2D eigenvalue weighted by molar-refractivity contribution is 0.0523. The van der Waals surface area contributed by atoms with Gasteiger partial charge < -0.3 is 15.2 Å². The summed E-state index contributed by atoms with van der Waals surface area (Å²) >= 11 is 0. The maximum Gasteiger partial charge on any atom is 0.0741 e. The van der Waals surface area contributed by atoms with E-state index in [0.29, 0.717) is 6.54 Å². The van der Waals surface area contributed by atoms with Gasteiger partial charge in [-0.25, -0.2) is 0 Å². The lowest BCUT2D eigenvalue weighted by Crippen LogP contribution is -2.38. The lowest BCUT2D eigenvalue weighted by atomic mass is 10.0. The molecule has 0 spiro atoms. The van der Waals surface area contributed by atoms with Crippen molar-refractivity contribution >= 4 is 0 Å². The first kappa shape index (κ1) is 13.9. The average molecular weight is 203 g/mol. The van der Waals surface area contributed by atoms with Gasteiger partial charge in [0.15, 0.2) is 0 Å². The third kappa shape index (κ3) is 8.48. The zero-order valence-electron chi connectivity index (χ0n) is 9.81. The molecule has 1 unspecified atom stereocenters. The van der Waals surface area contributed by atoms with E-state index in [-0.39, 0.29) is 0 Å². The molecule has 1 atom stereocenters. The van der Waals surface area contributed by atoms with Gasteiger partial charge in [-0.15, -0.1) is 0 Å². The fraction of sp³-hybridized carbons (Fsp3) is 1.00. The van der Waals surface area contributed by atoms with Crippen molar-refractivity contribution < 1.29 is 9.84 Å². The standard InChI is InChI=1S/C11H25NO2/c1-4-6-8-14-9-7-12-10-11(3,13)5-2/h12-13H,4-10H2,1-3H3. The quantitative estimate of drug-likeness (QED) is 0.559. The summed E-state index contributed by atoms with van der Waals surface area (Å²) in [5, 5.41) is 12.8. The fourth-order valence-electron chi connectivity index (χ4n) is 0.975. The van der Waals surface area contributed by atoms with Crippen molar-refractivity contribution in [1.82, 2.24) is 5.32 Å². The molecule has 0 heterocycles. The van der Waals surface area contributed by atoms with E-state index in [0.717, 1.165) is 32.6 Å². The molecule has 0 radical (unpaired) electrons. The molecule has 0 rings (SSSR count). The number of hydrogen-bond donors (Lipinski definition) is 2. The van der Waals surface area contributed by atoms with Gasteiger partial charge in [-0.3, -0.25) is 0 Å². The Hall–Kier alpha value is -0.120. The maximum absolute atomic E-state index is 9.66. The number of hydrogen-bond acceptors (Lipinski definition) is 3. The monoisotopic (exact) mass is 203 g/mol. The van der Waals surface area contributed by atoms with Crippen molar-refractivity contribution in [2.45, 2.75) is 45.6 Å². The van der Waals surface area contributed by atoms with Crippen LogP contribution in [0.4, 0.5) is 0 Å². The molecule has 0 amide bonds. The molecule has 0 fully saturated rings. The van der Waals surface area contributed by atoms with Crippen molar-refractivity contribution in [3.05, 3.63) is 0 Å². The lowest BCUT2D eigenvalue weighted by Gasteiger charge is -2.21. The summed E-state index contributed by atoms with van der Waals surface area (Å²) in [6.45, 7) is 9.03. The molecular weight excluding hydrogens is 178 g/mol. The number of nitrogens with one attached hydrogen (secondary N) is 1. The number of rotatable bonds is 9. The van der Waals surface area contributed by atoms with Crippen LogP contribution in [0.25, 0.3) is 0 Å². The molecular formula is C11H25NO2. The molecule has 0 aliphatic rings. The molecule has 14 heavy (non-hydrogen) atoms. The average Bonchev–Trinajstić information content (AvgIpc) is 2.16. The largest absolute Gasteiger partial charge is 0.389 e. The molecule has 0 bridgehead atoms. The summed E-state index contributed by atoms with van der Waals surface area (Å²) in [5.74, 6) is 0. The zero-order chi connectivity index (χ0) is 10.9. The third-order valence-electron chi connectivity index (χ3n) is 2.33. The van der Waals surface area contributed by atoms with E-state index in [2.05, 4.69) is 12.2 Å². The van der Waals surface area contributed by atoms with E-state index >= 15 is 0 Å². The van der Waals surface area contributed by atoms with Crippen LogP contribution in [-0.4, -0.2) is 37.0 Å². The summed E-state index contributed by atoms with van der Waals surface area (Å²) in [6, 6.07) is 0. The van der Waals surface area contributed by atoms with E-state index in [4.69, 9.17) is 4.74 Å². The van der Waals surface area contributed by atoms with Crippen LogP contribution in [0, 0.1) is 0 Å². The minimum Gasteiger partial charge on any atom is -0.389 e. The van der Waals surface area contributed by atoms with Gasteiger partial charge in [0.25, 0.3) is 0 Å². The van der Waals surface area contributed by atoms with E-state index in [1.165, 1.54) is 6.42 Å². The van der Waals surface area contributed by atoms with Crippen LogP contribution in [0.2, 0.25) is 0 Å². The van der Waals surface area contributed by atoms with Gasteiger partial charge in [-0.1, -0.05) is 20.3 Å². The molecule has 0 aromatic heterocycles. The van der Waals surface area contributed by atoms with E-state index < -0.39 is 5.60 Å². The summed E-state index contributed by atoms with van der Waals surface area (Å²) < 4.78 is 5.38. The Bertz CT molecular complexity index is 126. The Morgan fingerprint density at radius 3 is 2.57 bits per heavy atom. The van der Waals surface area contributed by atoms with Crippen molar-refractivity contribution in [2.75, 3.05) is 26.3 Å². The molecule has 0 aromatic carbocycles. The highest BCUT2D eigenvalue weighted by molar-refractivity contribution is 4.72. The Labute approximate surface area is 87.8 Å². The number of aliphatic hydroxyl groups is 1. The van der Waals surface area contributed by atoms with Gasteiger partial charge in [0.05, 0.1) is 12.2 Å². The van der Waals surface area contributed by atoms with Crippen molar-refractivity contribution in [2.24, 2.45) is 0 Å². The van der Waals surface area contributed by atoms with E-state index in [1.54, 1.807) is 0 Å². The normalized spacial score (nSPS) is 15.4. The van der Waals surface area contributed by atoms with Gasteiger partial charge in [-0.05, 0) is 19.8 Å². The second-order valence-corrected chi connectivity index (χ2v) is 3.99. The summed E-state index contributed by atoms with van der Waals surface area (Å²) in [5.41, 5.74) is -0.580. The molecule has 3 nitrogen and oxygen atoms in total. The first-order valence-corrected chi connectivity index (χ1v) is 5.63. The highest BCUT2D eigenvalue weighted by Crippen LogP contribution is 2.05. The first-order chi connectivity index (χ1) is 6.62. The number of unbranched alkanes of at least 4 members (excludes halogenated alkanes) is 1. The Balaban J connectivity index is 3.13. The maximum atomic E-state index is 9.66.